The van der Waals surface area contributed by atoms with Crippen molar-refractivity contribution in [3.8, 4) is 11.5 Å². The van der Waals surface area contributed by atoms with Crippen molar-refractivity contribution in [2.45, 2.75) is 39.7 Å². The van der Waals surface area contributed by atoms with Gasteiger partial charge in [-0.15, -0.1) is 0 Å². The molecule has 0 spiro atoms. The van der Waals surface area contributed by atoms with Crippen molar-refractivity contribution in [2.75, 3.05) is 33.5 Å². The number of ether oxygens (including phenoxy) is 4. The predicted octanol–water partition coefficient (Wildman–Crippen LogP) is 2.96. The van der Waals surface area contributed by atoms with Crippen molar-refractivity contribution in [1.29, 1.82) is 0 Å². The third-order valence-electron chi connectivity index (χ3n) is 5.09. The molecule has 2 heterocycles. The highest BCUT2D eigenvalue weighted by Gasteiger charge is 2.32. The molecule has 2 aromatic rings. The first-order valence-corrected chi connectivity index (χ1v) is 10.3. The monoisotopic (exact) mass is 430 g/mol. The van der Waals surface area contributed by atoms with Crippen molar-refractivity contribution < 1.29 is 28.5 Å². The van der Waals surface area contributed by atoms with Gasteiger partial charge in [0.1, 0.15) is 24.5 Å². The smallest absolute Gasteiger partial charge is 0.340 e. The first-order valence-electron chi connectivity index (χ1n) is 10.3. The van der Waals surface area contributed by atoms with E-state index in [0.29, 0.717) is 41.4 Å². The van der Waals surface area contributed by atoms with Gasteiger partial charge in [-0.2, -0.15) is 0 Å². The van der Waals surface area contributed by atoms with Crippen LogP contribution >= 0.6 is 0 Å². The van der Waals surface area contributed by atoms with Crippen molar-refractivity contribution in [2.24, 2.45) is 0 Å². The van der Waals surface area contributed by atoms with Crippen LogP contribution in [-0.2, 0) is 15.9 Å². The highest BCUT2D eigenvalue weighted by atomic mass is 16.6. The second-order valence-corrected chi connectivity index (χ2v) is 8.14. The molecule has 8 nitrogen and oxygen atoms in total. The Labute approximate surface area is 182 Å². The SMILES string of the molecule is COCCOC(=O)c1c(C)[nH]c(C(=O)NCCOc2cccc3c2OC(C)(C)C3)c1C. The Hall–Kier alpha value is -3.00. The molecular formula is C23H30N2O6. The average molecular weight is 431 g/mol. The number of para-hydroxylation sites is 1. The Kier molecular flexibility index (Phi) is 6.90. The third-order valence-corrected chi connectivity index (χ3v) is 5.09. The first-order chi connectivity index (χ1) is 14.7. The first kappa shape index (κ1) is 22.7. The molecule has 1 aromatic carbocycles. The lowest BCUT2D eigenvalue weighted by molar-refractivity contribution is 0.0386. The van der Waals surface area contributed by atoms with E-state index in [4.69, 9.17) is 18.9 Å². The number of carbonyl (C=O) groups is 2. The van der Waals surface area contributed by atoms with Crippen LogP contribution in [0.2, 0.25) is 0 Å². The van der Waals surface area contributed by atoms with E-state index < -0.39 is 5.97 Å². The lowest BCUT2D eigenvalue weighted by Gasteiger charge is -2.18. The van der Waals surface area contributed by atoms with E-state index in [1.54, 1.807) is 13.8 Å². The number of methoxy groups -OCH3 is 1. The Morgan fingerprint density at radius 3 is 2.71 bits per heavy atom. The fourth-order valence-corrected chi connectivity index (χ4v) is 3.69. The Balaban J connectivity index is 1.55. The van der Waals surface area contributed by atoms with E-state index in [1.165, 1.54) is 7.11 Å². The van der Waals surface area contributed by atoms with Crippen LogP contribution in [0.25, 0.3) is 0 Å². The van der Waals surface area contributed by atoms with Gasteiger partial charge in [0.2, 0.25) is 0 Å². The number of fused-ring (bicyclic) bond motifs is 1. The largest absolute Gasteiger partial charge is 0.488 e. The third kappa shape index (κ3) is 5.19. The minimum Gasteiger partial charge on any atom is -0.488 e. The number of carbonyl (C=O) groups excluding carboxylic acids is 2. The van der Waals surface area contributed by atoms with Crippen LogP contribution in [0.15, 0.2) is 18.2 Å². The normalized spacial score (nSPS) is 14.0. The number of rotatable bonds is 9. The summed E-state index contributed by atoms with van der Waals surface area (Å²) in [5.74, 6) is 0.652. The summed E-state index contributed by atoms with van der Waals surface area (Å²) < 4.78 is 21.9. The zero-order valence-corrected chi connectivity index (χ0v) is 18.7. The van der Waals surface area contributed by atoms with E-state index >= 15 is 0 Å². The van der Waals surface area contributed by atoms with Crippen LogP contribution in [0.5, 0.6) is 11.5 Å². The minimum absolute atomic E-state index is 0.155. The summed E-state index contributed by atoms with van der Waals surface area (Å²) in [5.41, 5.74) is 2.71. The van der Waals surface area contributed by atoms with Gasteiger partial charge in [0, 0.05) is 24.8 Å². The molecule has 2 N–H and O–H groups in total. The summed E-state index contributed by atoms with van der Waals surface area (Å²) in [5, 5.41) is 2.82. The zero-order valence-electron chi connectivity index (χ0n) is 18.7. The Morgan fingerprint density at radius 2 is 1.97 bits per heavy atom. The lowest BCUT2D eigenvalue weighted by Crippen LogP contribution is -2.29. The number of nitrogens with one attached hydrogen (secondary N) is 2. The number of aromatic amines is 1. The molecule has 0 aliphatic carbocycles. The Morgan fingerprint density at radius 1 is 1.19 bits per heavy atom. The minimum atomic E-state index is -0.480. The number of aryl methyl sites for hydroxylation is 1. The van der Waals surface area contributed by atoms with Gasteiger partial charge in [-0.1, -0.05) is 12.1 Å². The summed E-state index contributed by atoms with van der Waals surface area (Å²) in [6.07, 6.45) is 0.831. The van der Waals surface area contributed by atoms with Gasteiger partial charge in [-0.3, -0.25) is 4.79 Å². The number of amides is 1. The molecule has 0 atom stereocenters. The van der Waals surface area contributed by atoms with Gasteiger partial charge in [0.05, 0.1) is 18.7 Å². The number of H-pyrrole nitrogens is 1. The van der Waals surface area contributed by atoms with Gasteiger partial charge in [0.25, 0.3) is 5.91 Å². The summed E-state index contributed by atoms with van der Waals surface area (Å²) in [6.45, 7) is 8.59. The number of esters is 1. The predicted molar refractivity (Wildman–Crippen MR) is 115 cm³/mol. The molecule has 0 saturated heterocycles. The molecule has 1 aliphatic rings. The molecule has 0 radical (unpaired) electrons. The van der Waals surface area contributed by atoms with Crippen molar-refractivity contribution in [1.82, 2.24) is 10.3 Å². The quantitative estimate of drug-likeness (QED) is 0.469. The van der Waals surface area contributed by atoms with E-state index in [9.17, 15) is 9.59 Å². The van der Waals surface area contributed by atoms with Crippen LogP contribution in [0.1, 0.15) is 51.5 Å². The van der Waals surface area contributed by atoms with Crippen LogP contribution in [0, 0.1) is 13.8 Å². The summed E-state index contributed by atoms with van der Waals surface area (Å²) in [4.78, 5) is 27.9. The molecule has 1 amide bonds. The highest BCUT2D eigenvalue weighted by Crippen LogP contribution is 2.41. The molecule has 8 heteroatoms. The molecule has 1 aromatic heterocycles. The molecular weight excluding hydrogens is 400 g/mol. The maximum Gasteiger partial charge on any atom is 0.340 e. The lowest BCUT2D eigenvalue weighted by atomic mass is 10.0. The fourth-order valence-electron chi connectivity index (χ4n) is 3.69. The summed E-state index contributed by atoms with van der Waals surface area (Å²) in [6, 6.07) is 5.84. The number of benzene rings is 1. The molecule has 1 aliphatic heterocycles. The number of aromatic nitrogens is 1. The van der Waals surface area contributed by atoms with Crippen LogP contribution in [0.4, 0.5) is 0 Å². The van der Waals surface area contributed by atoms with Gasteiger partial charge in [0.15, 0.2) is 11.5 Å². The van der Waals surface area contributed by atoms with Gasteiger partial charge in [-0.25, -0.2) is 4.79 Å². The standard InChI is InChI=1S/C23H30N2O6/c1-14-18(22(27)30-12-11-28-5)15(2)25-19(14)21(26)24-9-10-29-17-8-6-7-16-13-23(3,4)31-20(16)17/h6-8,25H,9-13H2,1-5H3,(H,24,26). The van der Waals surface area contributed by atoms with Gasteiger partial charge < -0.3 is 29.2 Å². The number of hydrogen-bond acceptors (Lipinski definition) is 6. The second kappa shape index (κ2) is 9.43. The second-order valence-electron chi connectivity index (χ2n) is 8.14. The van der Waals surface area contributed by atoms with E-state index in [2.05, 4.69) is 10.3 Å². The highest BCUT2D eigenvalue weighted by molar-refractivity contribution is 6.00. The molecule has 3 rings (SSSR count). The van der Waals surface area contributed by atoms with Gasteiger partial charge in [-0.05, 0) is 39.3 Å². The molecule has 168 valence electrons. The van der Waals surface area contributed by atoms with Crippen LogP contribution in [-0.4, -0.2) is 55.9 Å². The Bertz CT molecular complexity index is 963. The van der Waals surface area contributed by atoms with Gasteiger partial charge >= 0.3 is 5.97 Å². The van der Waals surface area contributed by atoms with Crippen LogP contribution in [0.3, 0.4) is 0 Å². The average Bonchev–Trinajstić information content (AvgIpc) is 3.19. The topological polar surface area (TPSA) is 98.9 Å². The molecule has 0 bridgehead atoms. The zero-order chi connectivity index (χ0) is 22.6. The van der Waals surface area contributed by atoms with E-state index in [-0.39, 0.29) is 24.7 Å². The van der Waals surface area contributed by atoms with Crippen molar-refractivity contribution >= 4 is 11.9 Å². The maximum absolute atomic E-state index is 12.6. The molecule has 0 saturated carbocycles. The molecule has 0 unspecified atom stereocenters. The van der Waals surface area contributed by atoms with Crippen LogP contribution < -0.4 is 14.8 Å². The van der Waals surface area contributed by atoms with E-state index in [1.807, 2.05) is 32.0 Å². The molecule has 0 fully saturated rings. The van der Waals surface area contributed by atoms with Crippen molar-refractivity contribution in [3.63, 3.8) is 0 Å². The fraction of sp³-hybridized carbons (Fsp3) is 0.478. The van der Waals surface area contributed by atoms with E-state index in [0.717, 1.165) is 17.7 Å². The van der Waals surface area contributed by atoms with Crippen molar-refractivity contribution in [3.05, 3.63) is 46.3 Å². The number of hydrogen-bond donors (Lipinski definition) is 2. The summed E-state index contributed by atoms with van der Waals surface area (Å²) >= 11 is 0. The maximum atomic E-state index is 12.6. The molecule has 31 heavy (non-hydrogen) atoms. The summed E-state index contributed by atoms with van der Waals surface area (Å²) in [7, 11) is 1.53.